The van der Waals surface area contributed by atoms with E-state index in [9.17, 15) is 17.2 Å². The molecule has 0 aromatic heterocycles. The van der Waals surface area contributed by atoms with Crippen molar-refractivity contribution in [2.45, 2.75) is 10.7 Å². The van der Waals surface area contributed by atoms with Crippen LogP contribution in [0.2, 0.25) is 0 Å². The van der Waals surface area contributed by atoms with Crippen molar-refractivity contribution in [3.63, 3.8) is 0 Å². The number of anilines is 1. The van der Waals surface area contributed by atoms with E-state index in [2.05, 4.69) is 15.9 Å². The number of nitrogen functional groups attached to an aromatic ring is 1. The number of halogens is 3. The summed E-state index contributed by atoms with van der Waals surface area (Å²) in [5.74, 6) is -3.45. The van der Waals surface area contributed by atoms with Gasteiger partial charge in [-0.05, 0) is 18.2 Å². The summed E-state index contributed by atoms with van der Waals surface area (Å²) in [5.41, 5.74) is 5.11. The summed E-state index contributed by atoms with van der Waals surface area (Å²) >= 11 is 3.04. The normalized spacial score (nSPS) is 12.0. The molecular formula is C7H6BrF2NO2S. The van der Waals surface area contributed by atoms with Gasteiger partial charge in [0.05, 0.1) is 10.6 Å². The predicted molar refractivity (Wildman–Crippen MR) is 51.7 cm³/mol. The van der Waals surface area contributed by atoms with Crippen LogP contribution in [0.1, 0.15) is 0 Å². The van der Waals surface area contributed by atoms with E-state index in [0.717, 1.165) is 6.07 Å². The number of nitrogens with two attached hydrogens (primary N) is 1. The molecular weight excluding hydrogens is 280 g/mol. The Morgan fingerprint density at radius 2 is 1.93 bits per heavy atom. The van der Waals surface area contributed by atoms with Gasteiger partial charge in [-0.15, -0.1) is 0 Å². The molecule has 1 aromatic rings. The number of benzene rings is 1. The number of rotatable bonds is 2. The highest BCUT2D eigenvalue weighted by Gasteiger charge is 2.28. The Kier molecular flexibility index (Phi) is 3.10. The van der Waals surface area contributed by atoms with Crippen LogP contribution in [-0.4, -0.2) is 14.2 Å². The summed E-state index contributed by atoms with van der Waals surface area (Å²) in [5, 5.41) is 0. The van der Waals surface area contributed by atoms with E-state index >= 15 is 0 Å². The summed E-state index contributed by atoms with van der Waals surface area (Å²) in [6.45, 7) is 0. The van der Waals surface area contributed by atoms with Crippen LogP contribution in [0.3, 0.4) is 0 Å². The minimum absolute atomic E-state index is 0.195. The van der Waals surface area contributed by atoms with Crippen LogP contribution in [0.15, 0.2) is 27.6 Å². The third kappa shape index (κ3) is 2.03. The summed E-state index contributed by atoms with van der Waals surface area (Å²) in [6, 6.07) is 3.64. The molecule has 0 aliphatic rings. The molecule has 0 atom stereocenters. The predicted octanol–water partition coefficient (Wildman–Crippen LogP) is 2.03. The summed E-state index contributed by atoms with van der Waals surface area (Å²) in [4.78, 5) is -0.546. The molecule has 0 amide bonds. The third-order valence-electron chi connectivity index (χ3n) is 1.51. The molecule has 2 N–H and O–H groups in total. The molecule has 0 fully saturated rings. The van der Waals surface area contributed by atoms with Crippen molar-refractivity contribution in [1.29, 1.82) is 0 Å². The highest BCUT2D eigenvalue weighted by atomic mass is 79.9. The van der Waals surface area contributed by atoms with Gasteiger partial charge in [0, 0.05) is 4.47 Å². The Morgan fingerprint density at radius 3 is 2.36 bits per heavy atom. The summed E-state index contributed by atoms with van der Waals surface area (Å²) < 4.78 is 46.8. The SMILES string of the molecule is Nc1cc(Br)ccc1S(=O)(=O)C(F)F. The Balaban J connectivity index is 3.35. The van der Waals surface area contributed by atoms with Gasteiger partial charge in [0.15, 0.2) is 0 Å². The third-order valence-corrected chi connectivity index (χ3v) is 3.46. The first-order valence-corrected chi connectivity index (χ1v) is 5.76. The van der Waals surface area contributed by atoms with Gasteiger partial charge in [-0.25, -0.2) is 8.42 Å². The largest absolute Gasteiger partial charge is 0.398 e. The second-order valence-corrected chi connectivity index (χ2v) is 5.29. The first-order chi connectivity index (χ1) is 6.35. The van der Waals surface area contributed by atoms with Crippen molar-refractivity contribution >= 4 is 31.5 Å². The van der Waals surface area contributed by atoms with E-state index in [-0.39, 0.29) is 5.69 Å². The van der Waals surface area contributed by atoms with Crippen LogP contribution >= 0.6 is 15.9 Å². The standard InChI is InChI=1S/C7H6BrF2NO2S/c8-4-1-2-6(5(11)3-4)14(12,13)7(9)10/h1-3,7H,11H2. The lowest BCUT2D eigenvalue weighted by molar-refractivity contribution is 0.235. The molecule has 7 heteroatoms. The number of alkyl halides is 2. The Morgan fingerprint density at radius 1 is 1.36 bits per heavy atom. The van der Waals surface area contributed by atoms with Gasteiger partial charge in [-0.2, -0.15) is 8.78 Å². The summed E-state index contributed by atoms with van der Waals surface area (Å²) in [7, 11) is -4.60. The average Bonchev–Trinajstić information content (AvgIpc) is 2.02. The monoisotopic (exact) mass is 285 g/mol. The lowest BCUT2D eigenvalue weighted by Gasteiger charge is -2.06. The van der Waals surface area contributed by atoms with Crippen LogP contribution in [-0.2, 0) is 9.84 Å². The second-order valence-electron chi connectivity index (χ2n) is 2.49. The molecule has 0 radical (unpaired) electrons. The van der Waals surface area contributed by atoms with E-state index in [4.69, 9.17) is 5.73 Å². The lowest BCUT2D eigenvalue weighted by atomic mass is 10.3. The van der Waals surface area contributed by atoms with Crippen LogP contribution < -0.4 is 5.73 Å². The zero-order valence-electron chi connectivity index (χ0n) is 6.75. The maximum Gasteiger partial charge on any atom is 0.341 e. The minimum atomic E-state index is -4.60. The molecule has 1 aromatic carbocycles. The van der Waals surface area contributed by atoms with E-state index in [0.29, 0.717) is 4.47 Å². The first kappa shape index (κ1) is 11.4. The Bertz CT molecular complexity index is 447. The zero-order valence-corrected chi connectivity index (χ0v) is 9.15. The van der Waals surface area contributed by atoms with E-state index < -0.39 is 20.5 Å². The smallest absolute Gasteiger partial charge is 0.341 e. The molecule has 0 aliphatic carbocycles. The Hall–Kier alpha value is -0.690. The van der Waals surface area contributed by atoms with Crippen molar-refractivity contribution in [2.75, 3.05) is 5.73 Å². The first-order valence-electron chi connectivity index (χ1n) is 3.43. The highest BCUT2D eigenvalue weighted by Crippen LogP contribution is 2.26. The molecule has 3 nitrogen and oxygen atoms in total. The highest BCUT2D eigenvalue weighted by molar-refractivity contribution is 9.10. The van der Waals surface area contributed by atoms with Gasteiger partial charge in [-0.1, -0.05) is 15.9 Å². The molecule has 14 heavy (non-hydrogen) atoms. The quantitative estimate of drug-likeness (QED) is 0.846. The molecule has 0 unspecified atom stereocenters. The van der Waals surface area contributed by atoms with Crippen molar-refractivity contribution in [3.05, 3.63) is 22.7 Å². The van der Waals surface area contributed by atoms with E-state index in [1.165, 1.54) is 12.1 Å². The maximum atomic E-state index is 12.1. The fraction of sp³-hybridized carbons (Fsp3) is 0.143. The number of sulfone groups is 1. The number of hydrogen-bond acceptors (Lipinski definition) is 3. The lowest BCUT2D eigenvalue weighted by Crippen LogP contribution is -2.13. The van der Waals surface area contributed by atoms with Crippen LogP contribution in [0.5, 0.6) is 0 Å². The van der Waals surface area contributed by atoms with Crippen LogP contribution in [0.25, 0.3) is 0 Å². The van der Waals surface area contributed by atoms with E-state index in [1.807, 2.05) is 0 Å². The van der Waals surface area contributed by atoms with Gasteiger partial charge >= 0.3 is 5.76 Å². The molecule has 0 aliphatic heterocycles. The second kappa shape index (κ2) is 3.82. The minimum Gasteiger partial charge on any atom is -0.398 e. The molecule has 1 rings (SSSR count). The Labute approximate surface area is 88.0 Å². The van der Waals surface area contributed by atoms with Crippen LogP contribution in [0, 0.1) is 0 Å². The topological polar surface area (TPSA) is 60.2 Å². The average molecular weight is 286 g/mol. The van der Waals surface area contributed by atoms with Crippen molar-refractivity contribution in [1.82, 2.24) is 0 Å². The molecule has 0 heterocycles. The van der Waals surface area contributed by atoms with Gasteiger partial charge in [0.25, 0.3) is 0 Å². The number of hydrogen-bond donors (Lipinski definition) is 1. The zero-order chi connectivity index (χ0) is 10.9. The fourth-order valence-corrected chi connectivity index (χ4v) is 2.09. The van der Waals surface area contributed by atoms with Gasteiger partial charge in [0.1, 0.15) is 0 Å². The van der Waals surface area contributed by atoms with Gasteiger partial charge in [-0.3, -0.25) is 0 Å². The van der Waals surface area contributed by atoms with E-state index in [1.54, 1.807) is 0 Å². The molecule has 0 bridgehead atoms. The van der Waals surface area contributed by atoms with Crippen molar-refractivity contribution in [2.24, 2.45) is 0 Å². The summed E-state index contributed by atoms with van der Waals surface area (Å²) in [6.07, 6.45) is 0. The maximum absolute atomic E-state index is 12.1. The molecule has 78 valence electrons. The molecule has 0 spiro atoms. The van der Waals surface area contributed by atoms with Crippen molar-refractivity contribution in [3.8, 4) is 0 Å². The van der Waals surface area contributed by atoms with Crippen LogP contribution in [0.4, 0.5) is 14.5 Å². The van der Waals surface area contributed by atoms with Gasteiger partial charge in [0.2, 0.25) is 9.84 Å². The fourth-order valence-electron chi connectivity index (χ4n) is 0.874. The van der Waals surface area contributed by atoms with Gasteiger partial charge < -0.3 is 5.73 Å². The van der Waals surface area contributed by atoms with Crippen molar-refractivity contribution < 1.29 is 17.2 Å². The molecule has 0 saturated carbocycles. The molecule has 0 saturated heterocycles.